The van der Waals surface area contributed by atoms with Crippen LogP contribution in [-0.4, -0.2) is 16.1 Å². The summed E-state index contributed by atoms with van der Waals surface area (Å²) in [6.07, 6.45) is 3.31. The maximum Gasteiger partial charge on any atom is 0.336 e. The standard InChI is InChI=1S/C12H10N2O2S/c13-10-3-1-2-9(12(15)16)11(10)17-8-4-6-14-7-5-8/h1-7H,13H2,(H,15,16). The zero-order chi connectivity index (χ0) is 12.3. The first-order valence-electron chi connectivity index (χ1n) is 4.88. The molecule has 0 saturated carbocycles. The highest BCUT2D eigenvalue weighted by Crippen LogP contribution is 2.34. The van der Waals surface area contributed by atoms with E-state index < -0.39 is 5.97 Å². The quantitative estimate of drug-likeness (QED) is 0.814. The van der Waals surface area contributed by atoms with Gasteiger partial charge in [-0.1, -0.05) is 17.8 Å². The summed E-state index contributed by atoms with van der Waals surface area (Å²) >= 11 is 1.32. The molecule has 0 spiro atoms. The molecular formula is C12H10N2O2S. The molecule has 1 heterocycles. The van der Waals surface area contributed by atoms with Crippen molar-refractivity contribution < 1.29 is 9.90 Å². The van der Waals surface area contributed by atoms with E-state index in [4.69, 9.17) is 10.8 Å². The van der Waals surface area contributed by atoms with Crippen LogP contribution in [-0.2, 0) is 0 Å². The Morgan fingerprint density at radius 2 is 1.94 bits per heavy atom. The summed E-state index contributed by atoms with van der Waals surface area (Å²) < 4.78 is 0. The molecule has 4 nitrogen and oxygen atoms in total. The summed E-state index contributed by atoms with van der Waals surface area (Å²) in [5, 5.41) is 9.09. The molecule has 1 aromatic heterocycles. The molecule has 0 fully saturated rings. The molecule has 0 unspecified atom stereocenters. The predicted octanol–water partition coefficient (Wildman–Crippen LogP) is 2.51. The number of carboxylic acids is 1. The number of pyridine rings is 1. The first-order valence-corrected chi connectivity index (χ1v) is 5.70. The fraction of sp³-hybridized carbons (Fsp3) is 0. The summed E-state index contributed by atoms with van der Waals surface area (Å²) in [6.45, 7) is 0. The van der Waals surface area contributed by atoms with Crippen LogP contribution in [0.15, 0.2) is 52.5 Å². The third-order valence-corrected chi connectivity index (χ3v) is 3.31. The fourth-order valence-electron chi connectivity index (χ4n) is 1.36. The molecule has 17 heavy (non-hydrogen) atoms. The van der Waals surface area contributed by atoms with Crippen molar-refractivity contribution in [1.29, 1.82) is 0 Å². The van der Waals surface area contributed by atoms with Gasteiger partial charge in [0.2, 0.25) is 0 Å². The molecule has 0 aliphatic carbocycles. The van der Waals surface area contributed by atoms with Crippen LogP contribution in [0.1, 0.15) is 10.4 Å². The summed E-state index contributed by atoms with van der Waals surface area (Å²) in [4.78, 5) is 16.5. The van der Waals surface area contributed by atoms with Gasteiger partial charge in [-0.25, -0.2) is 4.79 Å². The molecule has 0 atom stereocenters. The Labute approximate surface area is 102 Å². The Hall–Kier alpha value is -2.01. The number of aromatic nitrogens is 1. The van der Waals surface area contributed by atoms with Crippen LogP contribution in [0, 0.1) is 0 Å². The Morgan fingerprint density at radius 1 is 1.24 bits per heavy atom. The number of carboxylic acid groups (broad SMARTS) is 1. The maximum absolute atomic E-state index is 11.1. The summed E-state index contributed by atoms with van der Waals surface area (Å²) in [6, 6.07) is 8.49. The molecule has 0 saturated heterocycles. The number of hydrogen-bond acceptors (Lipinski definition) is 4. The molecule has 3 N–H and O–H groups in total. The number of nitrogens with two attached hydrogens (primary N) is 1. The van der Waals surface area contributed by atoms with E-state index in [1.165, 1.54) is 11.8 Å². The van der Waals surface area contributed by atoms with Crippen molar-refractivity contribution in [3.8, 4) is 0 Å². The minimum absolute atomic E-state index is 0.215. The van der Waals surface area contributed by atoms with Crippen LogP contribution in [0.3, 0.4) is 0 Å². The van der Waals surface area contributed by atoms with Gasteiger partial charge in [-0.2, -0.15) is 0 Å². The van der Waals surface area contributed by atoms with Gasteiger partial charge in [0.05, 0.1) is 5.56 Å². The van der Waals surface area contributed by atoms with E-state index in [0.29, 0.717) is 10.6 Å². The smallest absolute Gasteiger partial charge is 0.336 e. The van der Waals surface area contributed by atoms with Gasteiger partial charge < -0.3 is 10.8 Å². The molecule has 86 valence electrons. The minimum atomic E-state index is -0.978. The van der Waals surface area contributed by atoms with Crippen molar-refractivity contribution in [2.45, 2.75) is 9.79 Å². The molecule has 0 radical (unpaired) electrons. The first-order chi connectivity index (χ1) is 8.18. The van der Waals surface area contributed by atoms with Crippen molar-refractivity contribution in [3.05, 3.63) is 48.3 Å². The van der Waals surface area contributed by atoms with Gasteiger partial charge in [-0.05, 0) is 24.3 Å². The number of aromatic carboxylic acids is 1. The van der Waals surface area contributed by atoms with Crippen LogP contribution in [0.4, 0.5) is 5.69 Å². The third kappa shape index (κ3) is 2.57. The average molecular weight is 246 g/mol. The molecular weight excluding hydrogens is 236 g/mol. The Balaban J connectivity index is 2.41. The first kappa shape index (κ1) is 11.5. The normalized spacial score (nSPS) is 10.1. The number of hydrogen-bond donors (Lipinski definition) is 2. The van der Waals surface area contributed by atoms with E-state index in [2.05, 4.69) is 4.98 Å². The topological polar surface area (TPSA) is 76.2 Å². The number of benzene rings is 1. The summed E-state index contributed by atoms with van der Waals surface area (Å²) in [5.41, 5.74) is 6.49. The van der Waals surface area contributed by atoms with Crippen LogP contribution < -0.4 is 5.73 Å². The van der Waals surface area contributed by atoms with Crippen LogP contribution in [0.5, 0.6) is 0 Å². The Morgan fingerprint density at radius 3 is 2.59 bits per heavy atom. The van der Waals surface area contributed by atoms with Crippen molar-refractivity contribution in [2.75, 3.05) is 5.73 Å². The summed E-state index contributed by atoms with van der Waals surface area (Å²) in [7, 11) is 0. The lowest BCUT2D eigenvalue weighted by molar-refractivity contribution is 0.0693. The highest BCUT2D eigenvalue weighted by Gasteiger charge is 2.13. The van der Waals surface area contributed by atoms with Crippen molar-refractivity contribution in [3.63, 3.8) is 0 Å². The Kier molecular flexibility index (Phi) is 3.30. The summed E-state index contributed by atoms with van der Waals surface area (Å²) in [5.74, 6) is -0.978. The predicted molar refractivity (Wildman–Crippen MR) is 66.2 cm³/mol. The molecule has 5 heteroatoms. The lowest BCUT2D eigenvalue weighted by atomic mass is 10.2. The fourth-order valence-corrected chi connectivity index (χ4v) is 2.31. The molecule has 0 aliphatic rings. The number of nitrogen functional groups attached to an aromatic ring is 1. The maximum atomic E-state index is 11.1. The van der Waals surface area contributed by atoms with Gasteiger partial charge in [-0.3, -0.25) is 4.98 Å². The lowest BCUT2D eigenvalue weighted by Gasteiger charge is -2.08. The Bertz CT molecular complexity index is 543. The zero-order valence-corrected chi connectivity index (χ0v) is 9.65. The minimum Gasteiger partial charge on any atom is -0.478 e. The molecule has 2 aromatic rings. The van der Waals surface area contributed by atoms with E-state index in [0.717, 1.165) is 4.90 Å². The molecule has 1 aromatic carbocycles. The van der Waals surface area contributed by atoms with Crippen LogP contribution in [0.25, 0.3) is 0 Å². The highest BCUT2D eigenvalue weighted by atomic mass is 32.2. The van der Waals surface area contributed by atoms with Gasteiger partial charge in [-0.15, -0.1) is 0 Å². The van der Waals surface area contributed by atoms with E-state index in [-0.39, 0.29) is 5.56 Å². The largest absolute Gasteiger partial charge is 0.478 e. The third-order valence-electron chi connectivity index (χ3n) is 2.15. The molecule has 0 aliphatic heterocycles. The van der Waals surface area contributed by atoms with E-state index in [1.54, 1.807) is 30.6 Å². The average Bonchev–Trinajstić information content (AvgIpc) is 2.33. The molecule has 0 amide bonds. The second kappa shape index (κ2) is 4.88. The van der Waals surface area contributed by atoms with E-state index >= 15 is 0 Å². The SMILES string of the molecule is Nc1cccc(C(=O)O)c1Sc1ccncc1. The zero-order valence-electron chi connectivity index (χ0n) is 8.83. The van der Waals surface area contributed by atoms with Gasteiger partial charge in [0.15, 0.2) is 0 Å². The van der Waals surface area contributed by atoms with Crippen molar-refractivity contribution in [1.82, 2.24) is 4.98 Å². The number of anilines is 1. The van der Waals surface area contributed by atoms with E-state index in [9.17, 15) is 4.79 Å². The highest BCUT2D eigenvalue weighted by molar-refractivity contribution is 7.99. The second-order valence-electron chi connectivity index (χ2n) is 3.31. The van der Waals surface area contributed by atoms with Gasteiger partial charge in [0.25, 0.3) is 0 Å². The van der Waals surface area contributed by atoms with E-state index in [1.807, 2.05) is 12.1 Å². The van der Waals surface area contributed by atoms with Gasteiger partial charge >= 0.3 is 5.97 Å². The monoisotopic (exact) mass is 246 g/mol. The van der Waals surface area contributed by atoms with Crippen LogP contribution in [0.2, 0.25) is 0 Å². The molecule has 0 bridgehead atoms. The number of carbonyl (C=O) groups is 1. The lowest BCUT2D eigenvalue weighted by Crippen LogP contribution is -2.01. The van der Waals surface area contributed by atoms with Crippen molar-refractivity contribution in [2.24, 2.45) is 0 Å². The molecule has 2 rings (SSSR count). The van der Waals surface area contributed by atoms with Gasteiger partial charge in [0.1, 0.15) is 0 Å². The van der Waals surface area contributed by atoms with Gasteiger partial charge in [0, 0.05) is 27.9 Å². The number of nitrogens with zero attached hydrogens (tertiary/aromatic N) is 1. The number of rotatable bonds is 3. The van der Waals surface area contributed by atoms with Crippen molar-refractivity contribution >= 4 is 23.4 Å². The second-order valence-corrected chi connectivity index (χ2v) is 4.40. The van der Waals surface area contributed by atoms with Crippen LogP contribution >= 0.6 is 11.8 Å².